The summed E-state index contributed by atoms with van der Waals surface area (Å²) < 4.78 is 2.51. The molecular weight excluding hydrogens is 576 g/mol. The Morgan fingerprint density at radius 2 is 1.61 bits per heavy atom. The number of imidazole rings is 1. The molecule has 0 spiro atoms. The van der Waals surface area contributed by atoms with Crippen molar-refractivity contribution in [3.63, 3.8) is 0 Å². The van der Waals surface area contributed by atoms with E-state index >= 15 is 0 Å². The van der Waals surface area contributed by atoms with E-state index in [2.05, 4.69) is 16.4 Å². The Kier molecular flexibility index (Phi) is 9.07. The van der Waals surface area contributed by atoms with Crippen LogP contribution in [0, 0.1) is 19.8 Å². The van der Waals surface area contributed by atoms with Crippen LogP contribution in [0.4, 0.5) is 5.69 Å². The van der Waals surface area contributed by atoms with Crippen LogP contribution in [0.3, 0.4) is 0 Å². The second kappa shape index (κ2) is 12.8. The van der Waals surface area contributed by atoms with E-state index in [1.54, 1.807) is 13.8 Å². The van der Waals surface area contributed by atoms with Crippen LogP contribution < -0.4 is 4.90 Å². The van der Waals surface area contributed by atoms with Crippen molar-refractivity contribution in [2.24, 2.45) is 5.92 Å². The maximum Gasteiger partial charge on any atom is 0.230 e. The van der Waals surface area contributed by atoms with Crippen LogP contribution in [0.25, 0.3) is 0 Å². The summed E-state index contributed by atoms with van der Waals surface area (Å²) in [5.74, 6) is 1.36. The van der Waals surface area contributed by atoms with Gasteiger partial charge in [-0.15, -0.1) is 0 Å². The zero-order valence-electron chi connectivity index (χ0n) is 26.7. The Hall–Kier alpha value is -2.91. The Morgan fingerprint density at radius 3 is 2.25 bits per heavy atom. The smallest absolute Gasteiger partial charge is 0.230 e. The summed E-state index contributed by atoms with van der Waals surface area (Å²) in [4.78, 5) is 51.1. The van der Waals surface area contributed by atoms with Crippen LogP contribution in [0.5, 0.6) is 0 Å². The summed E-state index contributed by atoms with van der Waals surface area (Å²) in [6.07, 6.45) is 7.89. The highest BCUT2D eigenvalue weighted by Crippen LogP contribution is 2.42. The number of likely N-dealkylation sites (tertiary alicyclic amines) is 1. The number of anilines is 1. The van der Waals surface area contributed by atoms with E-state index in [1.165, 1.54) is 18.5 Å². The first-order valence-electron chi connectivity index (χ1n) is 16.5. The number of benzene rings is 1. The highest BCUT2D eigenvalue weighted by atomic mass is 35.5. The van der Waals surface area contributed by atoms with Crippen molar-refractivity contribution in [1.29, 1.82) is 0 Å². The van der Waals surface area contributed by atoms with Crippen molar-refractivity contribution < 1.29 is 14.4 Å². The van der Waals surface area contributed by atoms with Gasteiger partial charge in [-0.05, 0) is 76.5 Å². The van der Waals surface area contributed by atoms with Crippen molar-refractivity contribution in [2.75, 3.05) is 37.6 Å². The zero-order valence-corrected chi connectivity index (χ0v) is 27.5. The number of amides is 3. The summed E-state index contributed by atoms with van der Waals surface area (Å²) in [6, 6.07) is 7.49. The minimum Gasteiger partial charge on any atom is -0.343 e. The monoisotopic (exact) mass is 622 g/mol. The molecule has 44 heavy (non-hydrogen) atoms. The van der Waals surface area contributed by atoms with E-state index in [4.69, 9.17) is 16.6 Å². The average Bonchev–Trinajstić information content (AvgIpc) is 3.45. The van der Waals surface area contributed by atoms with Crippen LogP contribution >= 0.6 is 11.6 Å². The first-order chi connectivity index (χ1) is 21.1. The minimum absolute atomic E-state index is 0.0792. The summed E-state index contributed by atoms with van der Waals surface area (Å²) in [5, 5.41) is 0.679. The average molecular weight is 623 g/mol. The zero-order chi connectivity index (χ0) is 31.1. The molecule has 0 unspecified atom stereocenters. The Balaban J connectivity index is 1.11. The first-order valence-corrected chi connectivity index (χ1v) is 16.9. The molecule has 1 aromatic carbocycles. The van der Waals surface area contributed by atoms with Gasteiger partial charge in [0.1, 0.15) is 5.82 Å². The van der Waals surface area contributed by atoms with Crippen LogP contribution in [0.2, 0.25) is 5.02 Å². The number of halogens is 1. The SMILES string of the molecule is CC(=O)N1CCC(C(=O)N(CCCN2[C@@H]3CC[C@@H]2CC(n2c(C)nc4c2CCN(C(C)=O)C4)C3)c2ccc(C)c(Cl)c2)CC1. The Bertz CT molecular complexity index is 1400. The number of rotatable bonds is 7. The molecule has 4 aliphatic heterocycles. The number of carbonyl (C=O) groups is 3. The fourth-order valence-electron chi connectivity index (χ4n) is 8.30. The van der Waals surface area contributed by atoms with E-state index in [0.717, 1.165) is 61.5 Å². The maximum absolute atomic E-state index is 13.9. The van der Waals surface area contributed by atoms with Crippen molar-refractivity contribution >= 4 is 35.0 Å². The molecule has 2 aromatic rings. The lowest BCUT2D eigenvalue weighted by Gasteiger charge is -2.41. The van der Waals surface area contributed by atoms with Crippen molar-refractivity contribution in [2.45, 2.75) is 104 Å². The number of hydrogen-bond donors (Lipinski definition) is 0. The van der Waals surface area contributed by atoms with Crippen LogP contribution in [-0.4, -0.2) is 86.8 Å². The second-order valence-corrected chi connectivity index (χ2v) is 13.8. The first kappa shape index (κ1) is 31.1. The van der Waals surface area contributed by atoms with Gasteiger partial charge in [0.2, 0.25) is 17.7 Å². The number of carbonyl (C=O) groups excluding carboxylic acids is 3. The third-order valence-electron chi connectivity index (χ3n) is 10.7. The number of hydrogen-bond acceptors (Lipinski definition) is 5. The molecule has 0 N–H and O–H groups in total. The lowest BCUT2D eigenvalue weighted by molar-refractivity contribution is -0.133. The fourth-order valence-corrected chi connectivity index (χ4v) is 8.48. The lowest BCUT2D eigenvalue weighted by atomic mass is 9.94. The molecule has 1 aromatic heterocycles. The molecule has 0 aliphatic carbocycles. The quantitative estimate of drug-likeness (QED) is 0.438. The number of fused-ring (bicyclic) bond motifs is 3. The third kappa shape index (κ3) is 6.14. The molecule has 4 aliphatic rings. The van der Waals surface area contributed by atoms with Gasteiger partial charge < -0.3 is 19.3 Å². The predicted molar refractivity (Wildman–Crippen MR) is 172 cm³/mol. The molecule has 0 radical (unpaired) electrons. The van der Waals surface area contributed by atoms with Crippen LogP contribution in [0.1, 0.15) is 87.6 Å². The Labute approximate surface area is 266 Å². The normalized spacial score (nSPS) is 24.0. The molecule has 2 atom stereocenters. The topological polar surface area (TPSA) is 82.0 Å². The fraction of sp³-hybridized carbons (Fsp3) is 0.647. The van der Waals surface area contributed by atoms with Crippen molar-refractivity contribution in [1.82, 2.24) is 24.3 Å². The highest BCUT2D eigenvalue weighted by Gasteiger charge is 2.42. The number of piperidine rings is 2. The molecule has 3 amide bonds. The van der Waals surface area contributed by atoms with E-state index in [1.807, 2.05) is 39.8 Å². The molecule has 2 bridgehead atoms. The molecule has 9 nitrogen and oxygen atoms in total. The third-order valence-corrected chi connectivity index (χ3v) is 11.1. The van der Waals surface area contributed by atoms with Crippen LogP contribution in [0.15, 0.2) is 18.2 Å². The molecule has 10 heteroatoms. The molecule has 0 saturated carbocycles. The van der Waals surface area contributed by atoms with Gasteiger partial charge in [0, 0.05) is 93.4 Å². The second-order valence-electron chi connectivity index (χ2n) is 13.4. The molecule has 3 saturated heterocycles. The van der Waals surface area contributed by atoms with Gasteiger partial charge >= 0.3 is 0 Å². The van der Waals surface area contributed by atoms with E-state index in [0.29, 0.717) is 62.2 Å². The minimum atomic E-state index is -0.0792. The molecule has 3 fully saturated rings. The van der Waals surface area contributed by atoms with Gasteiger partial charge in [-0.2, -0.15) is 0 Å². The highest BCUT2D eigenvalue weighted by molar-refractivity contribution is 6.31. The standard InChI is InChI=1S/C34H47ClN6O3/c1-22-6-7-29(20-31(22)35)40(34(44)26-10-15-37(16-11-26)24(3)42)14-5-13-39-27-8-9-28(39)19-30(18-27)41-23(2)36-32-21-38(25(4)43)17-12-33(32)41/h6-7,20,26-28,30H,5,8-19,21H2,1-4H3/t27-,28-/m1/s1. The van der Waals surface area contributed by atoms with Crippen LogP contribution in [-0.2, 0) is 27.3 Å². The summed E-state index contributed by atoms with van der Waals surface area (Å²) in [7, 11) is 0. The molecule has 6 rings (SSSR count). The van der Waals surface area contributed by atoms with Crippen molar-refractivity contribution in [3.8, 4) is 0 Å². The summed E-state index contributed by atoms with van der Waals surface area (Å²) in [6.45, 7) is 11.7. The van der Waals surface area contributed by atoms with E-state index in [9.17, 15) is 14.4 Å². The molecule has 5 heterocycles. The predicted octanol–water partition coefficient (Wildman–Crippen LogP) is 4.91. The number of aromatic nitrogens is 2. The maximum atomic E-state index is 13.9. The lowest BCUT2D eigenvalue weighted by Crippen LogP contribution is -2.46. The van der Waals surface area contributed by atoms with E-state index < -0.39 is 0 Å². The van der Waals surface area contributed by atoms with E-state index in [-0.39, 0.29) is 23.6 Å². The van der Waals surface area contributed by atoms with Gasteiger partial charge in [0.25, 0.3) is 0 Å². The summed E-state index contributed by atoms with van der Waals surface area (Å²) in [5.41, 5.74) is 4.28. The van der Waals surface area contributed by atoms with Gasteiger partial charge in [-0.25, -0.2) is 4.98 Å². The molecule has 238 valence electrons. The number of nitrogens with zero attached hydrogens (tertiary/aromatic N) is 6. The van der Waals surface area contributed by atoms with Crippen molar-refractivity contribution in [3.05, 3.63) is 46.0 Å². The summed E-state index contributed by atoms with van der Waals surface area (Å²) >= 11 is 6.52. The Morgan fingerprint density at radius 1 is 0.932 bits per heavy atom. The van der Waals surface area contributed by atoms with Gasteiger partial charge in [0.15, 0.2) is 0 Å². The van der Waals surface area contributed by atoms with Gasteiger partial charge in [-0.1, -0.05) is 17.7 Å². The van der Waals surface area contributed by atoms with Gasteiger partial charge in [-0.3, -0.25) is 19.3 Å². The number of aryl methyl sites for hydroxylation is 2. The molecular formula is C34H47ClN6O3. The van der Waals surface area contributed by atoms with Gasteiger partial charge in [0.05, 0.1) is 12.2 Å². The largest absolute Gasteiger partial charge is 0.343 e.